The SMILES string of the molecule is Cc1nc(Nc2nc3ccc(-c4ccncn4)cc3[nH]2)ccc1CN1CCN(C(=O)C2CC2)CC1. The van der Waals surface area contributed by atoms with Crippen molar-refractivity contribution >= 4 is 28.7 Å². The molecule has 0 spiro atoms. The van der Waals surface area contributed by atoms with E-state index in [4.69, 9.17) is 4.98 Å². The molecule has 9 heteroatoms. The number of carbonyl (C=O) groups is 1. The fourth-order valence-electron chi connectivity index (χ4n) is 4.59. The minimum absolute atomic E-state index is 0.306. The summed E-state index contributed by atoms with van der Waals surface area (Å²) in [6.07, 6.45) is 5.43. The number of nitrogens with zero attached hydrogens (tertiary/aromatic N) is 6. The van der Waals surface area contributed by atoms with Crippen molar-refractivity contribution in [2.75, 3.05) is 31.5 Å². The summed E-state index contributed by atoms with van der Waals surface area (Å²) >= 11 is 0. The Morgan fingerprint density at radius 1 is 1.09 bits per heavy atom. The van der Waals surface area contributed by atoms with Crippen LogP contribution in [-0.2, 0) is 11.3 Å². The third-order valence-electron chi connectivity index (χ3n) is 6.81. The maximum Gasteiger partial charge on any atom is 0.225 e. The molecule has 178 valence electrons. The third kappa shape index (κ3) is 4.72. The molecule has 4 heterocycles. The number of rotatable bonds is 6. The van der Waals surface area contributed by atoms with Crippen molar-refractivity contribution < 1.29 is 4.79 Å². The maximum absolute atomic E-state index is 12.3. The molecular weight excluding hydrogens is 440 g/mol. The third-order valence-corrected chi connectivity index (χ3v) is 6.81. The largest absolute Gasteiger partial charge is 0.340 e. The number of aromatic amines is 1. The van der Waals surface area contributed by atoms with Crippen molar-refractivity contribution in [1.82, 2.24) is 34.7 Å². The molecular formula is C26H28N8O. The van der Waals surface area contributed by atoms with Crippen LogP contribution in [0.3, 0.4) is 0 Å². The van der Waals surface area contributed by atoms with Crippen molar-refractivity contribution in [2.24, 2.45) is 5.92 Å². The Labute approximate surface area is 203 Å². The van der Waals surface area contributed by atoms with Crippen molar-refractivity contribution in [2.45, 2.75) is 26.3 Å². The number of hydrogen-bond donors (Lipinski definition) is 2. The lowest BCUT2D eigenvalue weighted by atomic mass is 10.1. The molecule has 2 N–H and O–H groups in total. The zero-order chi connectivity index (χ0) is 23.8. The van der Waals surface area contributed by atoms with Gasteiger partial charge in [0.15, 0.2) is 0 Å². The van der Waals surface area contributed by atoms with Gasteiger partial charge in [-0.2, -0.15) is 0 Å². The summed E-state index contributed by atoms with van der Waals surface area (Å²) in [5, 5.41) is 3.30. The van der Waals surface area contributed by atoms with Gasteiger partial charge in [-0.1, -0.05) is 12.1 Å². The molecule has 0 radical (unpaired) electrons. The number of H-pyrrole nitrogens is 1. The molecule has 1 aliphatic heterocycles. The van der Waals surface area contributed by atoms with E-state index < -0.39 is 0 Å². The van der Waals surface area contributed by atoms with Crippen LogP contribution in [0.25, 0.3) is 22.3 Å². The Hall–Kier alpha value is -3.85. The molecule has 2 aliphatic rings. The van der Waals surface area contributed by atoms with E-state index in [2.05, 4.69) is 36.2 Å². The van der Waals surface area contributed by atoms with Crippen LogP contribution >= 0.6 is 0 Å². The first-order valence-corrected chi connectivity index (χ1v) is 12.1. The molecule has 0 atom stereocenters. The fourth-order valence-corrected chi connectivity index (χ4v) is 4.59. The van der Waals surface area contributed by atoms with Gasteiger partial charge in [0.1, 0.15) is 12.1 Å². The zero-order valence-corrected chi connectivity index (χ0v) is 19.7. The summed E-state index contributed by atoms with van der Waals surface area (Å²) in [5.74, 6) is 2.06. The number of imidazole rings is 1. The number of amides is 1. The van der Waals surface area contributed by atoms with Crippen LogP contribution in [0.5, 0.6) is 0 Å². The van der Waals surface area contributed by atoms with Gasteiger partial charge in [0.2, 0.25) is 11.9 Å². The van der Waals surface area contributed by atoms with Crippen LogP contribution in [0.4, 0.5) is 11.8 Å². The van der Waals surface area contributed by atoms with Crippen molar-refractivity contribution in [3.63, 3.8) is 0 Å². The standard InChI is InChI=1S/C26H28N8O/c1-17-20(15-33-10-12-34(13-11-33)25(35)18-2-3-18)5-7-24(29-17)32-26-30-22-6-4-19(14-23(22)31-26)21-8-9-27-16-28-21/h4-9,14,16,18H,2-3,10-13,15H2,1H3,(H2,29,30,31,32). The predicted octanol–water partition coefficient (Wildman–Crippen LogP) is 3.52. The van der Waals surface area contributed by atoms with Gasteiger partial charge in [0, 0.05) is 56.1 Å². The van der Waals surface area contributed by atoms with E-state index in [9.17, 15) is 4.79 Å². The number of carbonyl (C=O) groups excluding carboxylic acids is 1. The van der Waals surface area contributed by atoms with Gasteiger partial charge in [-0.15, -0.1) is 0 Å². The van der Waals surface area contributed by atoms with Crippen molar-refractivity contribution in [3.8, 4) is 11.3 Å². The van der Waals surface area contributed by atoms with Crippen LogP contribution in [-0.4, -0.2) is 66.8 Å². The second-order valence-corrected chi connectivity index (χ2v) is 9.35. The van der Waals surface area contributed by atoms with E-state index in [0.717, 1.165) is 79.4 Å². The minimum atomic E-state index is 0.306. The normalized spacial score (nSPS) is 16.5. The number of fused-ring (bicyclic) bond motifs is 1. The summed E-state index contributed by atoms with van der Waals surface area (Å²) < 4.78 is 0. The quantitative estimate of drug-likeness (QED) is 0.446. The first-order chi connectivity index (χ1) is 17.1. The fraction of sp³-hybridized carbons (Fsp3) is 0.346. The number of aryl methyl sites for hydroxylation is 1. The van der Waals surface area contributed by atoms with Gasteiger partial charge in [0.25, 0.3) is 0 Å². The summed E-state index contributed by atoms with van der Waals surface area (Å²) in [4.78, 5) is 37.8. The summed E-state index contributed by atoms with van der Waals surface area (Å²) in [6.45, 7) is 6.36. The summed E-state index contributed by atoms with van der Waals surface area (Å²) in [5.41, 5.74) is 5.88. The molecule has 1 saturated heterocycles. The second-order valence-electron chi connectivity index (χ2n) is 9.35. The molecule has 6 rings (SSSR count). The number of nitrogens with one attached hydrogen (secondary N) is 2. The first-order valence-electron chi connectivity index (χ1n) is 12.1. The highest BCUT2D eigenvalue weighted by Crippen LogP contribution is 2.31. The predicted molar refractivity (Wildman–Crippen MR) is 134 cm³/mol. The van der Waals surface area contributed by atoms with E-state index in [1.807, 2.05) is 42.2 Å². The van der Waals surface area contributed by atoms with Crippen LogP contribution in [0.2, 0.25) is 0 Å². The van der Waals surface area contributed by atoms with Gasteiger partial charge in [-0.05, 0) is 49.6 Å². The molecule has 1 aliphatic carbocycles. The number of piperazine rings is 1. The Morgan fingerprint density at radius 2 is 1.94 bits per heavy atom. The van der Waals surface area contributed by atoms with Crippen LogP contribution in [0.15, 0.2) is 48.9 Å². The molecule has 2 fully saturated rings. The smallest absolute Gasteiger partial charge is 0.225 e. The number of anilines is 2. The van der Waals surface area contributed by atoms with E-state index in [-0.39, 0.29) is 0 Å². The highest BCUT2D eigenvalue weighted by atomic mass is 16.2. The lowest BCUT2D eigenvalue weighted by molar-refractivity contribution is -0.134. The van der Waals surface area contributed by atoms with E-state index in [1.54, 1.807) is 12.5 Å². The van der Waals surface area contributed by atoms with E-state index in [0.29, 0.717) is 17.8 Å². The molecule has 9 nitrogen and oxygen atoms in total. The average Bonchev–Trinajstić information content (AvgIpc) is 3.66. The van der Waals surface area contributed by atoms with E-state index in [1.165, 1.54) is 5.56 Å². The lowest BCUT2D eigenvalue weighted by Gasteiger charge is -2.35. The molecule has 0 unspecified atom stereocenters. The van der Waals surface area contributed by atoms with Gasteiger partial charge < -0.3 is 15.2 Å². The Kier molecular flexibility index (Phi) is 5.61. The Morgan fingerprint density at radius 3 is 2.69 bits per heavy atom. The van der Waals surface area contributed by atoms with E-state index >= 15 is 0 Å². The number of aromatic nitrogens is 5. The van der Waals surface area contributed by atoms with Crippen molar-refractivity contribution in [3.05, 3.63) is 60.2 Å². The van der Waals surface area contributed by atoms with Crippen molar-refractivity contribution in [1.29, 1.82) is 0 Å². The number of benzene rings is 1. The minimum Gasteiger partial charge on any atom is -0.340 e. The molecule has 35 heavy (non-hydrogen) atoms. The molecule has 0 bridgehead atoms. The second kappa shape index (κ2) is 9.07. The maximum atomic E-state index is 12.3. The topological polar surface area (TPSA) is 103 Å². The van der Waals surface area contributed by atoms with Gasteiger partial charge >= 0.3 is 0 Å². The van der Waals surface area contributed by atoms with Crippen LogP contribution in [0.1, 0.15) is 24.1 Å². The Balaban J connectivity index is 1.10. The first kappa shape index (κ1) is 21.7. The summed E-state index contributed by atoms with van der Waals surface area (Å²) in [6, 6.07) is 12.0. The molecule has 1 saturated carbocycles. The highest BCUT2D eigenvalue weighted by molar-refractivity contribution is 5.83. The molecule has 1 amide bonds. The van der Waals surface area contributed by atoms with Crippen LogP contribution in [0, 0.1) is 12.8 Å². The zero-order valence-electron chi connectivity index (χ0n) is 19.7. The molecule has 4 aromatic rings. The average molecular weight is 469 g/mol. The van der Waals surface area contributed by atoms with Gasteiger partial charge in [-0.25, -0.2) is 19.9 Å². The molecule has 1 aromatic carbocycles. The van der Waals surface area contributed by atoms with Gasteiger partial charge in [-0.3, -0.25) is 9.69 Å². The highest BCUT2D eigenvalue weighted by Gasteiger charge is 2.34. The number of hydrogen-bond acceptors (Lipinski definition) is 7. The van der Waals surface area contributed by atoms with Gasteiger partial charge in [0.05, 0.1) is 16.7 Å². The number of pyridine rings is 1. The molecule has 3 aromatic heterocycles. The summed E-state index contributed by atoms with van der Waals surface area (Å²) in [7, 11) is 0. The van der Waals surface area contributed by atoms with Crippen LogP contribution < -0.4 is 5.32 Å². The lowest BCUT2D eigenvalue weighted by Crippen LogP contribution is -2.48. The monoisotopic (exact) mass is 468 g/mol. The Bertz CT molecular complexity index is 1360.